The molecule has 5 fully saturated rings. The van der Waals surface area contributed by atoms with Crippen LogP contribution < -0.4 is 10.4 Å². The van der Waals surface area contributed by atoms with E-state index in [0.29, 0.717) is 6.04 Å². The molecular weight excluding hydrogens is 262 g/mol. The maximum absolute atomic E-state index is 11.9. The van der Waals surface area contributed by atoms with Crippen LogP contribution in [0.15, 0.2) is 0 Å². The Hall–Kier alpha value is -0.570. The highest BCUT2D eigenvalue weighted by molar-refractivity contribution is 5.70. The van der Waals surface area contributed by atoms with Crippen molar-refractivity contribution in [1.29, 1.82) is 0 Å². The van der Waals surface area contributed by atoms with Crippen molar-refractivity contribution in [2.75, 3.05) is 0 Å². The van der Waals surface area contributed by atoms with Gasteiger partial charge in [-0.05, 0) is 82.0 Å². The van der Waals surface area contributed by atoms with Gasteiger partial charge in [-0.2, -0.15) is 0 Å². The van der Waals surface area contributed by atoms with E-state index in [1.165, 1.54) is 70.6 Å². The molecule has 2 N–H and O–H groups in total. The summed E-state index contributed by atoms with van der Waals surface area (Å²) in [4.78, 5) is 11.9. The van der Waals surface area contributed by atoms with Crippen molar-refractivity contribution >= 4 is 5.97 Å². The number of hydrogen-bond acceptors (Lipinski definition) is 2. The number of rotatable bonds is 4. The van der Waals surface area contributed by atoms with Gasteiger partial charge in [0.1, 0.15) is 6.04 Å². The van der Waals surface area contributed by atoms with E-state index in [4.69, 9.17) is 0 Å². The van der Waals surface area contributed by atoms with Crippen LogP contribution in [-0.2, 0) is 4.79 Å². The third kappa shape index (κ3) is 2.52. The van der Waals surface area contributed by atoms with Crippen LogP contribution in [-0.4, -0.2) is 18.1 Å². The smallest absolute Gasteiger partial charge is 0.132 e. The van der Waals surface area contributed by atoms with Gasteiger partial charge in [-0.1, -0.05) is 6.42 Å². The number of aliphatic carboxylic acids is 1. The highest BCUT2D eigenvalue weighted by Crippen LogP contribution is 2.60. The Labute approximate surface area is 127 Å². The SMILES string of the molecule is O=C([O-])[C@H]([NH2+]C1CCCCC1)C12CC3CC(CC(C3)C1)C2. The van der Waals surface area contributed by atoms with E-state index in [9.17, 15) is 9.90 Å². The summed E-state index contributed by atoms with van der Waals surface area (Å²) < 4.78 is 0. The zero-order valence-electron chi connectivity index (χ0n) is 13.1. The van der Waals surface area contributed by atoms with Gasteiger partial charge in [0.25, 0.3) is 0 Å². The third-order valence-electron chi connectivity index (χ3n) is 7.11. The fourth-order valence-electron chi connectivity index (χ4n) is 6.69. The standard InChI is InChI=1S/C18H29NO2/c20-17(21)16(19-15-4-2-1-3-5-15)18-9-12-6-13(10-18)8-14(7-12)11-18/h12-16,19H,1-11H2,(H,20,21)/t12?,13?,14?,16-,18?/m0/s1. The molecule has 5 aliphatic carbocycles. The molecule has 0 spiro atoms. The molecule has 0 unspecified atom stereocenters. The van der Waals surface area contributed by atoms with Crippen molar-refractivity contribution in [3.8, 4) is 0 Å². The first kappa shape index (κ1) is 14.0. The summed E-state index contributed by atoms with van der Waals surface area (Å²) in [7, 11) is 0. The lowest BCUT2D eigenvalue weighted by Gasteiger charge is -2.58. The number of carboxylic acids is 1. The van der Waals surface area contributed by atoms with Gasteiger partial charge in [-0.15, -0.1) is 0 Å². The minimum absolute atomic E-state index is 0.0744. The van der Waals surface area contributed by atoms with Gasteiger partial charge < -0.3 is 15.2 Å². The summed E-state index contributed by atoms with van der Waals surface area (Å²) in [5.74, 6) is 1.68. The molecule has 118 valence electrons. The highest BCUT2D eigenvalue weighted by Gasteiger charge is 2.56. The van der Waals surface area contributed by atoms with Gasteiger partial charge in [0, 0.05) is 5.41 Å². The molecule has 21 heavy (non-hydrogen) atoms. The average Bonchev–Trinajstić information content (AvgIpc) is 2.44. The Balaban J connectivity index is 1.54. The number of carbonyl (C=O) groups excluding carboxylic acids is 1. The van der Waals surface area contributed by atoms with Crippen LogP contribution in [0, 0.1) is 23.2 Å². The number of nitrogens with two attached hydrogens (primary N) is 1. The van der Waals surface area contributed by atoms with Crippen LogP contribution in [0.5, 0.6) is 0 Å². The van der Waals surface area contributed by atoms with Crippen LogP contribution in [0.3, 0.4) is 0 Å². The van der Waals surface area contributed by atoms with Gasteiger partial charge in [-0.25, -0.2) is 0 Å². The molecule has 0 amide bonds. The molecule has 1 atom stereocenters. The second-order valence-corrected chi connectivity index (χ2v) is 8.67. The molecule has 5 rings (SSSR count). The Morgan fingerprint density at radius 1 is 0.952 bits per heavy atom. The van der Waals surface area contributed by atoms with Crippen LogP contribution >= 0.6 is 0 Å². The third-order valence-corrected chi connectivity index (χ3v) is 7.11. The minimum Gasteiger partial charge on any atom is -0.544 e. The van der Waals surface area contributed by atoms with Crippen LogP contribution in [0.1, 0.15) is 70.6 Å². The summed E-state index contributed by atoms with van der Waals surface area (Å²) in [6, 6.07) is 0.267. The van der Waals surface area contributed by atoms with E-state index in [0.717, 1.165) is 17.8 Å². The summed E-state index contributed by atoms with van der Waals surface area (Å²) in [5.41, 5.74) is 0.0744. The first-order valence-corrected chi connectivity index (χ1v) is 9.20. The molecule has 0 aromatic heterocycles. The normalized spacial score (nSPS) is 43.9. The number of carboxylic acid groups (broad SMARTS) is 1. The molecule has 0 radical (unpaired) electrons. The summed E-state index contributed by atoms with van der Waals surface area (Å²) in [6.07, 6.45) is 13.9. The van der Waals surface area contributed by atoms with Crippen LogP contribution in [0.4, 0.5) is 0 Å². The predicted octanol–water partition coefficient (Wildman–Crippen LogP) is 1.22. The molecule has 3 nitrogen and oxygen atoms in total. The van der Waals surface area contributed by atoms with Gasteiger partial charge >= 0.3 is 0 Å². The van der Waals surface area contributed by atoms with Crippen molar-refractivity contribution in [3.05, 3.63) is 0 Å². The summed E-state index contributed by atoms with van der Waals surface area (Å²) in [5, 5.41) is 14.2. The lowest BCUT2D eigenvalue weighted by atomic mass is 9.47. The second kappa shape index (κ2) is 5.26. The fourth-order valence-corrected chi connectivity index (χ4v) is 6.69. The van der Waals surface area contributed by atoms with Gasteiger partial charge in [-0.3, -0.25) is 0 Å². The van der Waals surface area contributed by atoms with Crippen molar-refractivity contribution in [1.82, 2.24) is 0 Å². The van der Waals surface area contributed by atoms with E-state index >= 15 is 0 Å². The molecule has 4 bridgehead atoms. The molecule has 5 saturated carbocycles. The quantitative estimate of drug-likeness (QED) is 0.846. The minimum atomic E-state index is -0.775. The van der Waals surface area contributed by atoms with Crippen LogP contribution in [0.2, 0.25) is 0 Å². The summed E-state index contributed by atoms with van der Waals surface area (Å²) >= 11 is 0. The lowest BCUT2D eigenvalue weighted by Crippen LogP contribution is -3.00. The monoisotopic (exact) mass is 291 g/mol. The van der Waals surface area contributed by atoms with E-state index in [-0.39, 0.29) is 11.5 Å². The van der Waals surface area contributed by atoms with E-state index in [1.54, 1.807) is 0 Å². The molecule has 0 heterocycles. The Kier molecular flexibility index (Phi) is 3.52. The summed E-state index contributed by atoms with van der Waals surface area (Å²) in [6.45, 7) is 0. The van der Waals surface area contributed by atoms with Gasteiger partial charge in [0.15, 0.2) is 0 Å². The van der Waals surface area contributed by atoms with Crippen molar-refractivity contribution in [2.45, 2.75) is 82.7 Å². The zero-order chi connectivity index (χ0) is 14.4. The fraction of sp³-hybridized carbons (Fsp3) is 0.944. The number of hydrogen-bond donors (Lipinski definition) is 1. The topological polar surface area (TPSA) is 56.7 Å². The molecule has 0 aromatic rings. The largest absolute Gasteiger partial charge is 0.544 e. The lowest BCUT2D eigenvalue weighted by molar-refractivity contribution is -0.731. The Bertz CT molecular complexity index is 378. The molecule has 0 aliphatic heterocycles. The van der Waals surface area contributed by atoms with E-state index in [1.807, 2.05) is 0 Å². The maximum atomic E-state index is 11.9. The Morgan fingerprint density at radius 2 is 1.48 bits per heavy atom. The van der Waals surface area contributed by atoms with Gasteiger partial charge in [0.05, 0.1) is 12.0 Å². The van der Waals surface area contributed by atoms with E-state index in [2.05, 4.69) is 5.32 Å². The van der Waals surface area contributed by atoms with Crippen molar-refractivity contribution < 1.29 is 15.2 Å². The first-order chi connectivity index (χ1) is 10.1. The predicted molar refractivity (Wildman–Crippen MR) is 78.2 cm³/mol. The highest BCUT2D eigenvalue weighted by atomic mass is 16.4. The number of quaternary nitrogens is 1. The van der Waals surface area contributed by atoms with Crippen molar-refractivity contribution in [2.24, 2.45) is 23.2 Å². The van der Waals surface area contributed by atoms with Crippen molar-refractivity contribution in [3.63, 3.8) is 0 Å². The molecule has 0 aromatic carbocycles. The van der Waals surface area contributed by atoms with Gasteiger partial charge in [0.2, 0.25) is 0 Å². The average molecular weight is 291 g/mol. The molecule has 5 aliphatic rings. The molecule has 0 saturated heterocycles. The molecular formula is C18H29NO2. The first-order valence-electron chi connectivity index (χ1n) is 9.20. The second-order valence-electron chi connectivity index (χ2n) is 8.67. The number of carbonyl (C=O) groups is 1. The Morgan fingerprint density at radius 3 is 1.95 bits per heavy atom. The maximum Gasteiger partial charge on any atom is 0.132 e. The van der Waals surface area contributed by atoms with E-state index < -0.39 is 5.97 Å². The molecule has 3 heteroatoms. The zero-order valence-corrected chi connectivity index (χ0v) is 13.1. The van der Waals surface area contributed by atoms with Crippen LogP contribution in [0.25, 0.3) is 0 Å².